The number of nitrogens with zero attached hydrogens (tertiary/aromatic N) is 1. The zero-order valence-electron chi connectivity index (χ0n) is 14.0. The van der Waals surface area contributed by atoms with Crippen molar-refractivity contribution in [2.75, 3.05) is 6.61 Å². The van der Waals surface area contributed by atoms with Gasteiger partial charge in [0, 0.05) is 11.1 Å². The maximum atomic E-state index is 13.2. The van der Waals surface area contributed by atoms with Crippen LogP contribution in [0.3, 0.4) is 0 Å². The van der Waals surface area contributed by atoms with Crippen LogP contribution in [0.5, 0.6) is 5.75 Å². The maximum Gasteiger partial charge on any atom is 0.149 e. The molecule has 0 bridgehead atoms. The van der Waals surface area contributed by atoms with E-state index in [1.165, 1.54) is 12.1 Å². The van der Waals surface area contributed by atoms with Crippen molar-refractivity contribution < 1.29 is 19.0 Å². The molecule has 2 heterocycles. The lowest BCUT2D eigenvalue weighted by atomic mass is 9.84. The molecule has 1 aliphatic rings. The normalized spacial score (nSPS) is 21.7. The van der Waals surface area contributed by atoms with Crippen molar-refractivity contribution in [2.45, 2.75) is 38.2 Å². The highest BCUT2D eigenvalue weighted by Crippen LogP contribution is 2.44. The maximum absolute atomic E-state index is 13.2. The number of halogens is 1. The first-order valence-corrected chi connectivity index (χ1v) is 7.94. The number of aliphatic hydroxyl groups is 1. The van der Waals surface area contributed by atoms with Crippen molar-refractivity contribution in [1.29, 1.82) is 0 Å². The predicted molar refractivity (Wildman–Crippen MR) is 88.4 cm³/mol. The molecule has 0 saturated carbocycles. The molecule has 1 N–H and O–H groups in total. The molecule has 2 atom stereocenters. The molecule has 4 nitrogen and oxygen atoms in total. The molecule has 0 aliphatic carbocycles. The van der Waals surface area contributed by atoms with Crippen molar-refractivity contribution in [2.24, 2.45) is 0 Å². The van der Waals surface area contributed by atoms with E-state index >= 15 is 0 Å². The number of ether oxygens (including phenoxy) is 1. The molecule has 5 heteroatoms. The quantitative estimate of drug-likeness (QED) is 0.874. The van der Waals surface area contributed by atoms with Gasteiger partial charge in [0.1, 0.15) is 35.8 Å². The van der Waals surface area contributed by atoms with Crippen LogP contribution in [0.25, 0.3) is 11.3 Å². The van der Waals surface area contributed by atoms with Gasteiger partial charge >= 0.3 is 0 Å². The van der Waals surface area contributed by atoms with Gasteiger partial charge in [-0.05, 0) is 50.6 Å². The topological polar surface area (TPSA) is 59.4 Å². The molecule has 0 amide bonds. The molecule has 1 aromatic carbocycles. The first kappa shape index (κ1) is 16.6. The Morgan fingerprint density at radius 2 is 2.08 bits per heavy atom. The number of rotatable bonds is 4. The zero-order chi connectivity index (χ0) is 17.5. The number of hydrogen-bond acceptors (Lipinski definition) is 4. The van der Waals surface area contributed by atoms with Crippen molar-refractivity contribution in [3.05, 3.63) is 47.4 Å². The zero-order valence-corrected chi connectivity index (χ0v) is 14.0. The third-order valence-electron chi connectivity index (χ3n) is 4.72. The predicted octanol–water partition coefficient (Wildman–Crippen LogP) is 3.35. The van der Waals surface area contributed by atoms with Crippen molar-refractivity contribution in [1.82, 2.24) is 4.98 Å². The van der Waals surface area contributed by atoms with Gasteiger partial charge in [-0.2, -0.15) is 0 Å². The van der Waals surface area contributed by atoms with E-state index in [0.29, 0.717) is 34.7 Å². The fraction of sp³-hybridized carbons (Fsp3) is 0.368. The van der Waals surface area contributed by atoms with Crippen LogP contribution < -0.4 is 4.74 Å². The average molecular weight is 329 g/mol. The second kappa shape index (κ2) is 5.67. The van der Waals surface area contributed by atoms with Crippen LogP contribution in [0.4, 0.5) is 4.39 Å². The third-order valence-corrected chi connectivity index (χ3v) is 4.72. The van der Waals surface area contributed by atoms with Gasteiger partial charge in [0.05, 0.1) is 11.1 Å². The van der Waals surface area contributed by atoms with Gasteiger partial charge in [-0.3, -0.25) is 0 Å². The third kappa shape index (κ3) is 2.59. The molecule has 1 aliphatic heterocycles. The first-order chi connectivity index (χ1) is 11.3. The van der Waals surface area contributed by atoms with E-state index < -0.39 is 11.0 Å². The van der Waals surface area contributed by atoms with Crippen LogP contribution in [-0.4, -0.2) is 23.0 Å². The van der Waals surface area contributed by atoms with Crippen LogP contribution in [0.15, 0.2) is 30.3 Å². The summed E-state index contributed by atoms with van der Waals surface area (Å²) in [6.45, 7) is 5.57. The Labute approximate surface area is 140 Å². The van der Waals surface area contributed by atoms with E-state index in [9.17, 15) is 14.3 Å². The fourth-order valence-electron chi connectivity index (χ4n) is 2.76. The van der Waals surface area contributed by atoms with Gasteiger partial charge < -0.3 is 14.6 Å². The van der Waals surface area contributed by atoms with Gasteiger partial charge in [-0.15, -0.1) is 0 Å². The number of aromatic nitrogens is 1. The van der Waals surface area contributed by atoms with E-state index in [-0.39, 0.29) is 12.4 Å². The summed E-state index contributed by atoms with van der Waals surface area (Å²) < 4.78 is 19.0. The highest BCUT2D eigenvalue weighted by atomic mass is 19.1. The number of pyridine rings is 1. The van der Waals surface area contributed by atoms with Crippen molar-refractivity contribution in [3.8, 4) is 17.0 Å². The molecule has 2 aromatic rings. The minimum Gasteiger partial charge on any atom is -0.490 e. The average Bonchev–Trinajstić information content (AvgIpc) is 2.93. The number of carbonyl (C=O) groups is 1. The molecule has 0 saturated heterocycles. The molecule has 0 fully saturated rings. The van der Waals surface area contributed by atoms with Crippen LogP contribution in [0.1, 0.15) is 38.4 Å². The van der Waals surface area contributed by atoms with E-state index in [2.05, 4.69) is 4.98 Å². The molecular weight excluding hydrogens is 309 g/mol. The molecule has 0 unspecified atom stereocenters. The molecule has 24 heavy (non-hydrogen) atoms. The summed E-state index contributed by atoms with van der Waals surface area (Å²) in [5, 5.41) is 10.6. The van der Waals surface area contributed by atoms with E-state index in [0.717, 1.165) is 6.29 Å². The summed E-state index contributed by atoms with van der Waals surface area (Å²) in [7, 11) is 0. The Morgan fingerprint density at radius 1 is 1.42 bits per heavy atom. The standard InChI is InChI=1S/C19H20FNO3/c1-4-19(3,23)15-9-14-17(24-11-18(14,2)10-22)16(21-15)12-5-7-13(20)8-6-12/h5-10,23H,4,11H2,1-3H3/t18-,19-/m0/s1. The second-order valence-electron chi connectivity index (χ2n) is 6.69. The van der Waals surface area contributed by atoms with Crippen LogP contribution in [0.2, 0.25) is 0 Å². The molecule has 1 aromatic heterocycles. The van der Waals surface area contributed by atoms with Gasteiger partial charge in [0.2, 0.25) is 0 Å². The Kier molecular flexibility index (Phi) is 3.92. The van der Waals surface area contributed by atoms with Gasteiger partial charge in [-0.1, -0.05) is 6.92 Å². The van der Waals surface area contributed by atoms with Gasteiger partial charge in [0.25, 0.3) is 0 Å². The highest BCUT2D eigenvalue weighted by molar-refractivity contribution is 5.78. The Morgan fingerprint density at radius 3 is 2.67 bits per heavy atom. The van der Waals surface area contributed by atoms with E-state index in [4.69, 9.17) is 4.74 Å². The largest absolute Gasteiger partial charge is 0.490 e. The minimum absolute atomic E-state index is 0.222. The summed E-state index contributed by atoms with van der Waals surface area (Å²) in [4.78, 5) is 16.2. The van der Waals surface area contributed by atoms with Crippen LogP contribution >= 0.6 is 0 Å². The summed E-state index contributed by atoms with van der Waals surface area (Å²) in [6, 6.07) is 7.67. The lowest BCUT2D eigenvalue weighted by molar-refractivity contribution is -0.112. The Balaban J connectivity index is 2.27. The fourth-order valence-corrected chi connectivity index (χ4v) is 2.76. The Hall–Kier alpha value is -2.27. The summed E-state index contributed by atoms with van der Waals surface area (Å²) in [6.07, 6.45) is 1.33. The SMILES string of the molecule is CC[C@](C)(O)c1cc2c(c(-c3ccc(F)cc3)n1)OC[C@]2(C)C=O. The van der Waals surface area contributed by atoms with Crippen molar-refractivity contribution >= 4 is 6.29 Å². The summed E-state index contributed by atoms with van der Waals surface area (Å²) >= 11 is 0. The summed E-state index contributed by atoms with van der Waals surface area (Å²) in [5.74, 6) is 0.178. The molecule has 0 radical (unpaired) electrons. The Bertz CT molecular complexity index is 786. The first-order valence-electron chi connectivity index (χ1n) is 7.94. The van der Waals surface area contributed by atoms with Crippen LogP contribution in [-0.2, 0) is 15.8 Å². The molecule has 0 spiro atoms. The number of benzene rings is 1. The molecule has 126 valence electrons. The monoisotopic (exact) mass is 329 g/mol. The lowest BCUT2D eigenvalue weighted by Gasteiger charge is -2.24. The lowest BCUT2D eigenvalue weighted by Crippen LogP contribution is -2.27. The van der Waals surface area contributed by atoms with E-state index in [1.54, 1.807) is 32.0 Å². The second-order valence-corrected chi connectivity index (χ2v) is 6.69. The molecule has 3 rings (SSSR count). The number of hydrogen-bond donors (Lipinski definition) is 1. The minimum atomic E-state index is -1.13. The van der Waals surface area contributed by atoms with Crippen LogP contribution in [0, 0.1) is 5.82 Å². The number of aldehydes is 1. The smallest absolute Gasteiger partial charge is 0.149 e. The summed E-state index contributed by atoms with van der Waals surface area (Å²) in [5.41, 5.74) is 0.456. The molecular formula is C19H20FNO3. The highest BCUT2D eigenvalue weighted by Gasteiger charge is 2.40. The van der Waals surface area contributed by atoms with Gasteiger partial charge in [0.15, 0.2) is 0 Å². The number of fused-ring (bicyclic) bond motifs is 1. The van der Waals surface area contributed by atoms with Crippen molar-refractivity contribution in [3.63, 3.8) is 0 Å². The number of carbonyl (C=O) groups excluding carboxylic acids is 1. The van der Waals surface area contributed by atoms with E-state index in [1.807, 2.05) is 6.92 Å². The van der Waals surface area contributed by atoms with Gasteiger partial charge in [-0.25, -0.2) is 9.37 Å².